The van der Waals surface area contributed by atoms with Gasteiger partial charge >= 0.3 is 13.8 Å². The molecule has 12 nitrogen and oxygen atoms in total. The Balaban J connectivity index is 3.00. The summed E-state index contributed by atoms with van der Waals surface area (Å²) in [4.78, 5) is 39.3. The standard InChI is InChI=1S/C14H22N5O7P/c1-8-12(20)10(9(5-18-8)7-26-27(23,24)25)6-19-11(13(21)22)3-2-4-17-14(15)16/h5-6,11,20H,2-4,7H2,1H3,(H,21,22)(H4,15,16,17)(H2,23,24,25)/p+1/t11-/m0/s1. The Bertz CT molecular complexity index is 773. The summed E-state index contributed by atoms with van der Waals surface area (Å²) in [7, 11) is -4.73. The number of phosphoric acid groups is 1. The van der Waals surface area contributed by atoms with Gasteiger partial charge in [0.25, 0.3) is 0 Å². The van der Waals surface area contributed by atoms with Crippen LogP contribution in [0.15, 0.2) is 11.2 Å². The second-order valence-corrected chi connectivity index (χ2v) is 6.79. The fourth-order valence-electron chi connectivity index (χ4n) is 2.05. The van der Waals surface area contributed by atoms with Crippen LogP contribution in [0, 0.1) is 6.92 Å². The van der Waals surface area contributed by atoms with E-state index in [9.17, 15) is 19.6 Å². The van der Waals surface area contributed by atoms with E-state index in [1.54, 1.807) is 0 Å². The molecule has 1 heterocycles. The second kappa shape index (κ2) is 9.97. The molecule has 0 bridgehead atoms. The van der Waals surface area contributed by atoms with E-state index in [1.807, 2.05) is 0 Å². The van der Waals surface area contributed by atoms with Crippen LogP contribution in [0.4, 0.5) is 0 Å². The number of aromatic nitrogens is 1. The van der Waals surface area contributed by atoms with Crippen molar-refractivity contribution in [3.8, 4) is 5.75 Å². The third-order valence-corrected chi connectivity index (χ3v) is 3.88. The van der Waals surface area contributed by atoms with Gasteiger partial charge in [-0.25, -0.2) is 14.4 Å². The van der Waals surface area contributed by atoms with E-state index in [0.717, 1.165) is 0 Å². The maximum atomic E-state index is 11.4. The highest BCUT2D eigenvalue weighted by molar-refractivity contribution is 7.46. The number of pyridine rings is 1. The van der Waals surface area contributed by atoms with Gasteiger partial charge in [-0.1, -0.05) is 0 Å². The third kappa shape index (κ3) is 8.13. The van der Waals surface area contributed by atoms with Crippen molar-refractivity contribution >= 4 is 26.0 Å². The van der Waals surface area contributed by atoms with E-state index >= 15 is 0 Å². The van der Waals surface area contributed by atoms with Gasteiger partial charge < -0.3 is 31.5 Å². The van der Waals surface area contributed by atoms with Crippen molar-refractivity contribution in [3.05, 3.63) is 23.0 Å². The van der Waals surface area contributed by atoms with Gasteiger partial charge in [0, 0.05) is 24.7 Å². The Morgan fingerprint density at radius 1 is 1.48 bits per heavy atom. The first-order valence-corrected chi connectivity index (χ1v) is 9.29. The molecular weight excluding hydrogens is 381 g/mol. The summed E-state index contributed by atoms with van der Waals surface area (Å²) in [6, 6.07) is -0.998. The number of hydrogen-bond donors (Lipinski definition) is 7. The van der Waals surface area contributed by atoms with E-state index in [-0.39, 0.29) is 41.5 Å². The number of aryl methyl sites for hydroxylation is 1. The van der Waals surface area contributed by atoms with E-state index in [2.05, 4.69) is 19.5 Å². The van der Waals surface area contributed by atoms with Crippen molar-refractivity contribution in [1.29, 1.82) is 0 Å². The first kappa shape index (κ1) is 22.5. The van der Waals surface area contributed by atoms with Crippen LogP contribution in [-0.4, -0.2) is 55.7 Å². The first-order valence-electron chi connectivity index (χ1n) is 7.76. The molecule has 1 aromatic rings. The van der Waals surface area contributed by atoms with Crippen LogP contribution in [-0.2, 0) is 20.5 Å². The molecule has 0 aliphatic heterocycles. The fraction of sp³-hybridized carbons (Fsp3) is 0.429. The molecular formula is C14H23N5O7P+. The van der Waals surface area contributed by atoms with Gasteiger partial charge in [0.2, 0.25) is 6.04 Å². The molecule has 0 aliphatic rings. The van der Waals surface area contributed by atoms with Crippen molar-refractivity contribution in [2.75, 3.05) is 6.54 Å². The Morgan fingerprint density at radius 3 is 2.70 bits per heavy atom. The number of aliphatic carboxylic acids is 1. The summed E-state index contributed by atoms with van der Waals surface area (Å²) in [5.41, 5.74) is 10.9. The Kier molecular flexibility index (Phi) is 8.32. The largest absolute Gasteiger partial charge is 0.505 e. The van der Waals surface area contributed by atoms with Crippen LogP contribution in [0.3, 0.4) is 0 Å². The maximum Gasteiger partial charge on any atom is 0.469 e. The number of hydrogen-bond acceptors (Lipinski definition) is 6. The highest BCUT2D eigenvalue weighted by Crippen LogP contribution is 2.37. The van der Waals surface area contributed by atoms with Gasteiger partial charge in [-0.3, -0.25) is 14.5 Å². The van der Waals surface area contributed by atoms with Gasteiger partial charge in [-0.15, -0.1) is 0 Å². The average molecular weight is 404 g/mol. The Labute approximate surface area is 154 Å². The predicted molar refractivity (Wildman–Crippen MR) is 94.9 cm³/mol. The minimum absolute atomic E-state index is 0.0896. The molecule has 0 fully saturated rings. The zero-order valence-electron chi connectivity index (χ0n) is 14.6. The molecule has 27 heavy (non-hydrogen) atoms. The van der Waals surface area contributed by atoms with Crippen LogP contribution < -0.4 is 16.5 Å². The molecule has 0 unspecified atom stereocenters. The number of aromatic hydroxyl groups is 1. The number of nitrogens with zero attached hydrogens (tertiary/aromatic N) is 2. The van der Waals surface area contributed by atoms with Crippen LogP contribution in [0.1, 0.15) is 29.7 Å². The molecule has 150 valence electrons. The summed E-state index contributed by atoms with van der Waals surface area (Å²) >= 11 is 0. The molecule has 1 rings (SSSR count). The number of phosphoric ester groups is 1. The van der Waals surface area contributed by atoms with Crippen LogP contribution in [0.2, 0.25) is 0 Å². The van der Waals surface area contributed by atoms with Crippen molar-refractivity contribution in [2.45, 2.75) is 32.4 Å². The van der Waals surface area contributed by atoms with Crippen LogP contribution in [0.25, 0.3) is 0 Å². The number of rotatable bonds is 10. The van der Waals surface area contributed by atoms with Gasteiger partial charge in [-0.05, 0) is 13.3 Å². The lowest BCUT2D eigenvalue weighted by molar-refractivity contribution is -0.486. The Morgan fingerprint density at radius 2 is 2.15 bits per heavy atom. The zero-order chi connectivity index (χ0) is 20.6. The van der Waals surface area contributed by atoms with Crippen LogP contribution >= 0.6 is 7.82 Å². The van der Waals surface area contributed by atoms with Gasteiger partial charge in [0.15, 0.2) is 12.2 Å². The van der Waals surface area contributed by atoms with E-state index in [1.165, 1.54) is 19.3 Å². The van der Waals surface area contributed by atoms with Crippen molar-refractivity contribution in [1.82, 2.24) is 4.98 Å². The number of carbonyl (C=O) groups is 1. The average Bonchev–Trinajstić information content (AvgIpc) is 2.55. The summed E-state index contributed by atoms with van der Waals surface area (Å²) in [6.45, 7) is 1.25. The highest BCUT2D eigenvalue weighted by atomic mass is 31.2. The molecule has 0 radical (unpaired) electrons. The van der Waals surface area contributed by atoms with Crippen molar-refractivity contribution in [2.24, 2.45) is 16.5 Å². The quantitative estimate of drug-likeness (QED) is 0.0958. The topological polar surface area (TPSA) is 216 Å². The van der Waals surface area contributed by atoms with Gasteiger partial charge in [0.1, 0.15) is 5.75 Å². The lowest BCUT2D eigenvalue weighted by Gasteiger charge is -2.09. The van der Waals surface area contributed by atoms with E-state index in [0.29, 0.717) is 6.42 Å². The normalized spacial score (nSPS) is 12.9. The summed E-state index contributed by atoms with van der Waals surface area (Å²) < 4.78 is 15.3. The highest BCUT2D eigenvalue weighted by Gasteiger charge is 2.23. The zero-order valence-corrected chi connectivity index (χ0v) is 15.5. The van der Waals surface area contributed by atoms with E-state index in [4.69, 9.17) is 21.3 Å². The maximum absolute atomic E-state index is 11.4. The molecule has 1 atom stereocenters. The summed E-state index contributed by atoms with van der Waals surface area (Å²) in [5, 5.41) is 19.5. The molecule has 0 aromatic carbocycles. The molecule has 0 amide bonds. The first-order chi connectivity index (χ1) is 12.5. The lowest BCUT2D eigenvalue weighted by atomic mass is 10.1. The lowest BCUT2D eigenvalue weighted by Crippen LogP contribution is -2.79. The molecule has 0 saturated heterocycles. The fourth-order valence-corrected chi connectivity index (χ4v) is 2.35. The number of carboxylic acid groups (broad SMARTS) is 1. The molecule has 0 saturated carbocycles. The molecule has 0 spiro atoms. The summed E-state index contributed by atoms with van der Waals surface area (Å²) in [5.74, 6) is -1.48. The molecule has 0 aliphatic carbocycles. The molecule has 9 N–H and O–H groups in total. The SMILES string of the molecule is Cc1ncc(COP(=O)(O)O)c(C=[NH+][C@@H](CCCN=C(N)N)C(=O)O)c1O. The van der Waals surface area contributed by atoms with Crippen molar-refractivity contribution in [3.63, 3.8) is 0 Å². The third-order valence-electron chi connectivity index (χ3n) is 3.42. The van der Waals surface area contributed by atoms with E-state index < -0.39 is 26.4 Å². The number of nitrogens with two attached hydrogens (primary N) is 2. The van der Waals surface area contributed by atoms with Crippen LogP contribution in [0.5, 0.6) is 5.75 Å². The number of aliphatic imine (C=N–C) groups is 1. The second-order valence-electron chi connectivity index (χ2n) is 5.55. The monoisotopic (exact) mass is 404 g/mol. The predicted octanol–water partition coefficient (Wildman–Crippen LogP) is -2.29. The van der Waals surface area contributed by atoms with Crippen molar-refractivity contribution < 1.29 is 38.9 Å². The number of carboxylic acids is 1. The molecule has 13 heteroatoms. The van der Waals surface area contributed by atoms with Gasteiger partial charge in [-0.2, -0.15) is 0 Å². The smallest absolute Gasteiger partial charge is 0.469 e. The minimum atomic E-state index is -4.73. The number of guanidine groups is 1. The molecule has 1 aromatic heterocycles. The minimum Gasteiger partial charge on any atom is -0.505 e. The summed E-state index contributed by atoms with van der Waals surface area (Å²) in [6.07, 6.45) is 3.10. The van der Waals surface area contributed by atoms with Gasteiger partial charge in [0.05, 0.1) is 17.9 Å². The number of nitrogens with one attached hydrogen (secondary N) is 1. The Hall–Kier alpha value is -2.53.